The molecule has 0 unspecified atom stereocenters. The molecule has 118 valence electrons. The second-order valence-corrected chi connectivity index (χ2v) is 7.43. The van der Waals surface area contributed by atoms with Crippen LogP contribution in [0.15, 0.2) is 17.0 Å². The van der Waals surface area contributed by atoms with E-state index in [0.717, 1.165) is 5.56 Å². The van der Waals surface area contributed by atoms with Gasteiger partial charge in [-0.05, 0) is 50.3 Å². The lowest BCUT2D eigenvalue weighted by molar-refractivity contribution is -0.137. The second-order valence-electron chi connectivity index (χ2n) is 4.90. The molecule has 1 N–H and O–H groups in total. The average molecular weight is 335 g/mol. The van der Waals surface area contributed by atoms with E-state index >= 15 is 0 Å². The molecule has 21 heavy (non-hydrogen) atoms. The summed E-state index contributed by atoms with van der Waals surface area (Å²) in [6.07, 6.45) is 2.07. The number of hydrogen-bond acceptors (Lipinski definition) is 4. The number of rotatable bonds is 8. The van der Waals surface area contributed by atoms with Gasteiger partial charge in [0.1, 0.15) is 10.6 Å². The quantitative estimate of drug-likeness (QED) is 0.583. The van der Waals surface area contributed by atoms with E-state index in [1.54, 1.807) is 13.8 Å². The van der Waals surface area contributed by atoms with Crippen molar-refractivity contribution in [3.63, 3.8) is 0 Å². The summed E-state index contributed by atoms with van der Waals surface area (Å²) >= 11 is 0. The highest BCUT2D eigenvalue weighted by Gasteiger charge is 2.19. The van der Waals surface area contributed by atoms with Gasteiger partial charge in [0.25, 0.3) is 9.05 Å². The first kappa shape index (κ1) is 17.8. The van der Waals surface area contributed by atoms with Crippen molar-refractivity contribution in [2.45, 2.75) is 44.4 Å². The summed E-state index contributed by atoms with van der Waals surface area (Å²) in [6.45, 7) is 3.87. The molecule has 0 aliphatic rings. The molecule has 7 heteroatoms. The fourth-order valence-electron chi connectivity index (χ4n) is 2.01. The Morgan fingerprint density at radius 3 is 2.48 bits per heavy atom. The minimum atomic E-state index is -3.87. The van der Waals surface area contributed by atoms with Crippen LogP contribution in [0.2, 0.25) is 0 Å². The Balaban J connectivity index is 2.69. The van der Waals surface area contributed by atoms with Crippen molar-refractivity contribution in [1.82, 2.24) is 0 Å². The highest BCUT2D eigenvalue weighted by molar-refractivity contribution is 8.13. The van der Waals surface area contributed by atoms with Crippen LogP contribution < -0.4 is 4.74 Å². The van der Waals surface area contributed by atoms with Crippen molar-refractivity contribution < 1.29 is 23.1 Å². The van der Waals surface area contributed by atoms with Crippen molar-refractivity contribution in [2.24, 2.45) is 0 Å². The molecule has 0 aliphatic carbocycles. The van der Waals surface area contributed by atoms with Crippen molar-refractivity contribution in [3.8, 4) is 5.75 Å². The van der Waals surface area contributed by atoms with E-state index in [1.807, 2.05) is 6.07 Å². The van der Waals surface area contributed by atoms with Gasteiger partial charge in [0.05, 0.1) is 6.61 Å². The first-order valence-electron chi connectivity index (χ1n) is 6.62. The van der Waals surface area contributed by atoms with Gasteiger partial charge in [-0.15, -0.1) is 0 Å². The Morgan fingerprint density at radius 1 is 1.24 bits per heavy atom. The van der Waals surface area contributed by atoms with E-state index in [4.69, 9.17) is 20.5 Å². The van der Waals surface area contributed by atoms with Crippen LogP contribution in [0, 0.1) is 13.8 Å². The summed E-state index contributed by atoms with van der Waals surface area (Å²) in [6, 6.07) is 3.31. The molecule has 0 atom stereocenters. The zero-order valence-corrected chi connectivity index (χ0v) is 13.6. The highest BCUT2D eigenvalue weighted by atomic mass is 35.7. The molecule has 0 saturated heterocycles. The zero-order valence-electron chi connectivity index (χ0n) is 12.1. The fraction of sp³-hybridized carbons (Fsp3) is 0.500. The molecule has 1 rings (SSSR count). The first-order chi connectivity index (χ1) is 9.71. The van der Waals surface area contributed by atoms with Crippen molar-refractivity contribution in [2.75, 3.05) is 6.61 Å². The number of aliphatic carboxylic acids is 1. The average Bonchev–Trinajstić information content (AvgIpc) is 2.33. The van der Waals surface area contributed by atoms with Crippen LogP contribution in [0.5, 0.6) is 5.75 Å². The fourth-order valence-corrected chi connectivity index (χ4v) is 3.12. The van der Waals surface area contributed by atoms with Gasteiger partial charge in [-0.2, -0.15) is 0 Å². The predicted molar refractivity (Wildman–Crippen MR) is 80.6 cm³/mol. The molecule has 0 aromatic heterocycles. The number of carbonyl (C=O) groups is 1. The lowest BCUT2D eigenvalue weighted by Gasteiger charge is -2.13. The van der Waals surface area contributed by atoms with Crippen molar-refractivity contribution >= 4 is 25.7 Å². The van der Waals surface area contributed by atoms with Crippen LogP contribution in [0.1, 0.15) is 36.8 Å². The van der Waals surface area contributed by atoms with Gasteiger partial charge in [0.2, 0.25) is 0 Å². The number of unbranched alkanes of at least 4 members (excludes halogenated alkanes) is 2. The Labute approximate surface area is 129 Å². The lowest BCUT2D eigenvalue weighted by Crippen LogP contribution is -2.05. The van der Waals surface area contributed by atoms with Crippen LogP contribution in [-0.2, 0) is 13.8 Å². The predicted octanol–water partition coefficient (Wildman–Crippen LogP) is 3.25. The largest absolute Gasteiger partial charge is 0.492 e. The summed E-state index contributed by atoms with van der Waals surface area (Å²) in [4.78, 5) is 10.4. The molecule has 0 fully saturated rings. The number of carboxylic acids is 1. The van der Waals surface area contributed by atoms with E-state index in [9.17, 15) is 13.2 Å². The van der Waals surface area contributed by atoms with Gasteiger partial charge in [-0.25, -0.2) is 8.42 Å². The number of hydrogen-bond donors (Lipinski definition) is 1. The van der Waals surface area contributed by atoms with Crippen LogP contribution >= 0.6 is 10.7 Å². The third kappa shape index (κ3) is 5.93. The molecule has 0 saturated carbocycles. The van der Waals surface area contributed by atoms with E-state index in [-0.39, 0.29) is 17.1 Å². The third-order valence-corrected chi connectivity index (χ3v) is 4.26. The molecule has 0 heterocycles. The van der Waals surface area contributed by atoms with E-state index in [1.165, 1.54) is 6.07 Å². The molecule has 0 bridgehead atoms. The van der Waals surface area contributed by atoms with Gasteiger partial charge < -0.3 is 9.84 Å². The summed E-state index contributed by atoms with van der Waals surface area (Å²) in [5.41, 5.74) is 1.50. The molecule has 0 aliphatic heterocycles. The SMILES string of the molecule is Cc1cc(C)c(OCCCCCC(=O)O)c(S(=O)(=O)Cl)c1. The first-order valence-corrected chi connectivity index (χ1v) is 8.93. The Hall–Kier alpha value is -1.27. The molecular formula is C14H19ClO5S. The highest BCUT2D eigenvalue weighted by Crippen LogP contribution is 2.31. The summed E-state index contributed by atoms with van der Waals surface area (Å²) in [5, 5.41) is 8.52. The Kier molecular flexibility index (Phi) is 6.48. The summed E-state index contributed by atoms with van der Waals surface area (Å²) in [5.74, 6) is -0.547. The minimum Gasteiger partial charge on any atom is -0.492 e. The van der Waals surface area contributed by atoms with Crippen LogP contribution in [0.3, 0.4) is 0 Å². The number of benzene rings is 1. The summed E-state index contributed by atoms with van der Waals surface area (Å²) < 4.78 is 28.7. The second kappa shape index (κ2) is 7.66. The standard InChI is InChI=1S/C14H19ClO5S/c1-10-8-11(2)14(12(9-10)21(15,18)19)20-7-5-3-4-6-13(16)17/h8-9H,3-7H2,1-2H3,(H,16,17). The molecule has 0 radical (unpaired) electrons. The van der Waals surface area contributed by atoms with Gasteiger partial charge in [-0.1, -0.05) is 6.07 Å². The summed E-state index contributed by atoms with van der Waals surface area (Å²) in [7, 11) is 1.56. The number of ether oxygens (including phenoxy) is 1. The molecule has 1 aromatic carbocycles. The Morgan fingerprint density at radius 2 is 1.90 bits per heavy atom. The van der Waals surface area contributed by atoms with E-state index in [2.05, 4.69) is 0 Å². The topological polar surface area (TPSA) is 80.7 Å². The number of halogens is 1. The van der Waals surface area contributed by atoms with Gasteiger partial charge in [0.15, 0.2) is 0 Å². The maximum atomic E-state index is 11.6. The number of carboxylic acid groups (broad SMARTS) is 1. The molecule has 5 nitrogen and oxygen atoms in total. The lowest BCUT2D eigenvalue weighted by atomic mass is 10.1. The Bertz CT molecular complexity index is 610. The van der Waals surface area contributed by atoms with Gasteiger partial charge >= 0.3 is 5.97 Å². The van der Waals surface area contributed by atoms with Crippen molar-refractivity contribution in [3.05, 3.63) is 23.3 Å². The third-order valence-electron chi connectivity index (χ3n) is 2.93. The van der Waals surface area contributed by atoms with Gasteiger partial charge in [-0.3, -0.25) is 4.79 Å². The molecular weight excluding hydrogens is 316 g/mol. The minimum absolute atomic E-state index is 0.0211. The molecule has 0 amide bonds. The molecule has 0 spiro atoms. The normalized spacial score (nSPS) is 11.4. The van der Waals surface area contributed by atoms with Crippen LogP contribution in [-0.4, -0.2) is 26.1 Å². The van der Waals surface area contributed by atoms with Crippen molar-refractivity contribution in [1.29, 1.82) is 0 Å². The monoisotopic (exact) mass is 334 g/mol. The smallest absolute Gasteiger partial charge is 0.303 e. The van der Waals surface area contributed by atoms with E-state index < -0.39 is 15.0 Å². The molecule has 1 aromatic rings. The van der Waals surface area contributed by atoms with E-state index in [0.29, 0.717) is 31.4 Å². The van der Waals surface area contributed by atoms with Crippen LogP contribution in [0.4, 0.5) is 0 Å². The maximum Gasteiger partial charge on any atom is 0.303 e. The maximum absolute atomic E-state index is 11.6. The number of aryl methyl sites for hydroxylation is 2. The van der Waals surface area contributed by atoms with Gasteiger partial charge in [0, 0.05) is 17.1 Å². The van der Waals surface area contributed by atoms with Crippen LogP contribution in [0.25, 0.3) is 0 Å². The zero-order chi connectivity index (χ0) is 16.0.